The van der Waals surface area contributed by atoms with Gasteiger partial charge < -0.3 is 10.7 Å². The minimum atomic E-state index is -0.118. The standard InChI is InChI=1S/C14H20ClN3OS/c1-20-11-5-3-10(4-6-11)17-14(19)12-8-9(15)2-7-13(12)18-16/h2,7-8,10-11,18H,3-6,16H2,1H3,(H,17,19). The molecule has 0 saturated heterocycles. The molecule has 0 aromatic heterocycles. The molecule has 0 spiro atoms. The lowest BCUT2D eigenvalue weighted by molar-refractivity contribution is 0.0929. The Kier molecular flexibility index (Phi) is 5.57. The third-order valence-corrected chi connectivity index (χ3v) is 5.10. The number of nitrogens with two attached hydrogens (primary N) is 1. The first-order valence-corrected chi connectivity index (χ1v) is 8.40. The maximum absolute atomic E-state index is 12.3. The molecule has 0 heterocycles. The maximum Gasteiger partial charge on any atom is 0.253 e. The second-order valence-corrected chi connectivity index (χ2v) is 6.59. The summed E-state index contributed by atoms with van der Waals surface area (Å²) in [5, 5.41) is 4.34. The van der Waals surface area contributed by atoms with Gasteiger partial charge in [0.05, 0.1) is 11.3 Å². The Morgan fingerprint density at radius 3 is 2.65 bits per heavy atom. The van der Waals surface area contributed by atoms with Crippen LogP contribution in [0.15, 0.2) is 18.2 Å². The minimum absolute atomic E-state index is 0.118. The first-order chi connectivity index (χ1) is 9.63. The summed E-state index contributed by atoms with van der Waals surface area (Å²) >= 11 is 7.86. The predicted molar refractivity (Wildman–Crippen MR) is 86.3 cm³/mol. The number of carbonyl (C=O) groups is 1. The second kappa shape index (κ2) is 7.20. The van der Waals surface area contributed by atoms with Gasteiger partial charge in [0.15, 0.2) is 0 Å². The monoisotopic (exact) mass is 313 g/mol. The van der Waals surface area contributed by atoms with Crippen molar-refractivity contribution in [2.24, 2.45) is 5.84 Å². The van der Waals surface area contributed by atoms with Crippen molar-refractivity contribution in [1.29, 1.82) is 0 Å². The normalized spacial score (nSPS) is 22.4. The Labute approximate surface area is 128 Å². The van der Waals surface area contributed by atoms with Crippen molar-refractivity contribution in [3.63, 3.8) is 0 Å². The summed E-state index contributed by atoms with van der Waals surface area (Å²) in [6.45, 7) is 0. The van der Waals surface area contributed by atoms with E-state index in [0.717, 1.165) is 30.9 Å². The van der Waals surface area contributed by atoms with E-state index >= 15 is 0 Å². The van der Waals surface area contributed by atoms with Crippen molar-refractivity contribution in [3.05, 3.63) is 28.8 Å². The van der Waals surface area contributed by atoms with Crippen molar-refractivity contribution in [2.45, 2.75) is 37.0 Å². The fourth-order valence-electron chi connectivity index (χ4n) is 2.54. The lowest BCUT2D eigenvalue weighted by Gasteiger charge is -2.28. The number of hydrogen-bond acceptors (Lipinski definition) is 4. The Bertz CT molecular complexity index is 475. The molecule has 0 radical (unpaired) electrons. The van der Waals surface area contributed by atoms with Crippen molar-refractivity contribution in [1.82, 2.24) is 5.32 Å². The number of hydrogen-bond donors (Lipinski definition) is 3. The molecule has 1 amide bonds. The van der Waals surface area contributed by atoms with E-state index < -0.39 is 0 Å². The third-order valence-electron chi connectivity index (χ3n) is 3.72. The van der Waals surface area contributed by atoms with E-state index in [1.165, 1.54) is 0 Å². The smallest absolute Gasteiger partial charge is 0.253 e. The molecule has 1 aliphatic rings. The molecule has 0 aliphatic heterocycles. The highest BCUT2D eigenvalue weighted by Gasteiger charge is 2.23. The number of benzene rings is 1. The number of thioether (sulfide) groups is 1. The van der Waals surface area contributed by atoms with E-state index in [0.29, 0.717) is 16.3 Å². The van der Waals surface area contributed by atoms with Crippen LogP contribution in [0.25, 0.3) is 0 Å². The van der Waals surface area contributed by atoms with Crippen molar-refractivity contribution in [3.8, 4) is 0 Å². The van der Waals surface area contributed by atoms with E-state index in [2.05, 4.69) is 17.0 Å². The molecule has 0 atom stereocenters. The summed E-state index contributed by atoms with van der Waals surface area (Å²) < 4.78 is 0. The molecule has 0 unspecified atom stereocenters. The third kappa shape index (κ3) is 3.81. The van der Waals surface area contributed by atoms with E-state index in [1.807, 2.05) is 11.8 Å². The summed E-state index contributed by atoms with van der Waals surface area (Å²) in [4.78, 5) is 12.3. The summed E-state index contributed by atoms with van der Waals surface area (Å²) in [6, 6.07) is 5.30. The number of anilines is 1. The molecular weight excluding hydrogens is 294 g/mol. The van der Waals surface area contributed by atoms with Gasteiger partial charge >= 0.3 is 0 Å². The minimum Gasteiger partial charge on any atom is -0.349 e. The SMILES string of the molecule is CSC1CCC(NC(=O)c2cc(Cl)ccc2NN)CC1. The number of carbonyl (C=O) groups excluding carboxylic acids is 1. The topological polar surface area (TPSA) is 67.2 Å². The van der Waals surface area contributed by atoms with Gasteiger partial charge in [-0.05, 0) is 50.1 Å². The molecule has 1 saturated carbocycles. The van der Waals surface area contributed by atoms with Gasteiger partial charge in [0.2, 0.25) is 0 Å². The van der Waals surface area contributed by atoms with Crippen LogP contribution in [0.2, 0.25) is 5.02 Å². The second-order valence-electron chi connectivity index (χ2n) is 5.02. The Balaban J connectivity index is 2.00. The van der Waals surface area contributed by atoms with Gasteiger partial charge in [-0.15, -0.1) is 0 Å². The van der Waals surface area contributed by atoms with Crippen LogP contribution in [0, 0.1) is 0 Å². The lowest BCUT2D eigenvalue weighted by Crippen LogP contribution is -2.38. The zero-order valence-corrected chi connectivity index (χ0v) is 13.1. The van der Waals surface area contributed by atoms with Crippen molar-refractivity contribution >= 4 is 35.0 Å². The Morgan fingerprint density at radius 2 is 2.05 bits per heavy atom. The van der Waals surface area contributed by atoms with Crippen LogP contribution >= 0.6 is 23.4 Å². The summed E-state index contributed by atoms with van der Waals surface area (Å²) in [6.07, 6.45) is 6.52. The van der Waals surface area contributed by atoms with Crippen molar-refractivity contribution in [2.75, 3.05) is 11.7 Å². The number of halogens is 1. The van der Waals surface area contributed by atoms with Crippen molar-refractivity contribution < 1.29 is 4.79 Å². The quantitative estimate of drug-likeness (QED) is 0.590. The average molecular weight is 314 g/mol. The van der Waals surface area contributed by atoms with Gasteiger partial charge in [0.1, 0.15) is 0 Å². The molecule has 6 heteroatoms. The van der Waals surface area contributed by atoms with E-state index in [1.54, 1.807) is 18.2 Å². The van der Waals surface area contributed by atoms with Crippen LogP contribution in [-0.4, -0.2) is 23.5 Å². The molecule has 4 nitrogen and oxygen atoms in total. The maximum atomic E-state index is 12.3. The molecule has 0 bridgehead atoms. The van der Waals surface area contributed by atoms with Crippen LogP contribution < -0.4 is 16.6 Å². The summed E-state index contributed by atoms with van der Waals surface area (Å²) in [5.41, 5.74) is 3.61. The summed E-state index contributed by atoms with van der Waals surface area (Å²) in [7, 11) is 0. The number of nitrogen functional groups attached to an aromatic ring is 1. The van der Waals surface area contributed by atoms with Gasteiger partial charge in [-0.2, -0.15) is 11.8 Å². The highest BCUT2D eigenvalue weighted by atomic mass is 35.5. The highest BCUT2D eigenvalue weighted by Crippen LogP contribution is 2.27. The number of rotatable bonds is 4. The predicted octanol–water partition coefficient (Wildman–Crippen LogP) is 3.03. The molecule has 1 aromatic rings. The average Bonchev–Trinajstić information content (AvgIpc) is 2.48. The zero-order chi connectivity index (χ0) is 14.5. The summed E-state index contributed by atoms with van der Waals surface area (Å²) in [5.74, 6) is 5.31. The Hall–Kier alpha value is -0.910. The molecular formula is C14H20ClN3OS. The number of amides is 1. The lowest BCUT2D eigenvalue weighted by atomic mass is 9.94. The Morgan fingerprint density at radius 1 is 1.35 bits per heavy atom. The van der Waals surface area contributed by atoms with Gasteiger partial charge in [-0.25, -0.2) is 0 Å². The van der Waals surface area contributed by atoms with E-state index in [-0.39, 0.29) is 11.9 Å². The molecule has 4 N–H and O–H groups in total. The largest absolute Gasteiger partial charge is 0.349 e. The van der Waals surface area contributed by atoms with Gasteiger partial charge in [-0.1, -0.05) is 11.6 Å². The molecule has 1 fully saturated rings. The van der Waals surface area contributed by atoms with E-state index in [4.69, 9.17) is 17.4 Å². The zero-order valence-electron chi connectivity index (χ0n) is 11.5. The van der Waals surface area contributed by atoms with Crippen LogP contribution in [0.5, 0.6) is 0 Å². The van der Waals surface area contributed by atoms with Gasteiger partial charge in [0.25, 0.3) is 5.91 Å². The van der Waals surface area contributed by atoms with Gasteiger partial charge in [-0.3, -0.25) is 10.6 Å². The highest BCUT2D eigenvalue weighted by molar-refractivity contribution is 7.99. The molecule has 2 rings (SSSR count). The van der Waals surface area contributed by atoms with Crippen LogP contribution in [0.1, 0.15) is 36.0 Å². The van der Waals surface area contributed by atoms with Gasteiger partial charge in [0, 0.05) is 16.3 Å². The van der Waals surface area contributed by atoms with Crippen LogP contribution in [0.3, 0.4) is 0 Å². The molecule has 110 valence electrons. The van der Waals surface area contributed by atoms with Crippen LogP contribution in [0.4, 0.5) is 5.69 Å². The first-order valence-electron chi connectivity index (χ1n) is 6.74. The fraction of sp³-hybridized carbons (Fsp3) is 0.500. The molecule has 1 aliphatic carbocycles. The molecule has 20 heavy (non-hydrogen) atoms. The first kappa shape index (κ1) is 15.5. The number of hydrazine groups is 1. The van der Waals surface area contributed by atoms with Crippen LogP contribution in [-0.2, 0) is 0 Å². The number of nitrogens with one attached hydrogen (secondary N) is 2. The fourth-order valence-corrected chi connectivity index (χ4v) is 3.45. The molecule has 1 aromatic carbocycles. The van der Waals surface area contributed by atoms with E-state index in [9.17, 15) is 4.79 Å².